The maximum Gasteiger partial charge on any atom is 0.301 e. The van der Waals surface area contributed by atoms with Crippen molar-refractivity contribution >= 4 is 97.9 Å². The van der Waals surface area contributed by atoms with E-state index in [1.54, 1.807) is 54.6 Å². The van der Waals surface area contributed by atoms with Gasteiger partial charge >= 0.3 is 11.4 Å². The molecule has 0 aliphatic rings. The van der Waals surface area contributed by atoms with E-state index < -0.39 is 135 Å². The first-order valence-electron chi connectivity index (χ1n) is 21.9. The van der Waals surface area contributed by atoms with Gasteiger partial charge in [-0.15, -0.1) is 0 Å². The summed E-state index contributed by atoms with van der Waals surface area (Å²) in [6.45, 7) is -0.665. The summed E-state index contributed by atoms with van der Waals surface area (Å²) in [6, 6.07) is 23.5. The van der Waals surface area contributed by atoms with Crippen LogP contribution in [0.1, 0.15) is 22.7 Å². The van der Waals surface area contributed by atoms with Crippen LogP contribution < -0.4 is 81.4 Å². The first-order valence-corrected chi connectivity index (χ1v) is 21.9. The molecule has 33 nitrogen and oxygen atoms in total. The van der Waals surface area contributed by atoms with E-state index in [4.69, 9.17) is 50.3 Å². The van der Waals surface area contributed by atoms with Crippen molar-refractivity contribution in [3.05, 3.63) is 134 Å². The zero-order chi connectivity index (χ0) is 56.8. The number of nitrogens with one attached hydrogen (secondary N) is 13. The molecular weight excluding hydrogens is 1010 g/mol. The van der Waals surface area contributed by atoms with Crippen molar-refractivity contribution in [2.75, 3.05) is 4.90 Å². The second-order valence-electron chi connectivity index (χ2n) is 16.0. The van der Waals surface area contributed by atoms with Crippen molar-refractivity contribution in [2.45, 2.75) is 43.5 Å². The molecule has 33 heteroatoms. The van der Waals surface area contributed by atoms with E-state index in [1.165, 1.54) is 30.3 Å². The maximum absolute atomic E-state index is 14.6. The number of primary amides is 1. The minimum atomic E-state index is -2.65. The Bertz CT molecular complexity index is 3170. The molecule has 400 valence electrons. The van der Waals surface area contributed by atoms with Gasteiger partial charge in [-0.25, -0.2) is 0 Å². The van der Waals surface area contributed by atoms with Gasteiger partial charge in [-0.3, -0.25) is 70.6 Å². The summed E-state index contributed by atoms with van der Waals surface area (Å²) in [4.78, 5) is 106. The highest BCUT2D eigenvalue weighted by Crippen LogP contribution is 2.42. The average Bonchev–Trinajstić information content (AvgIpc) is 3.37. The standard InChI is InChI=1S/C44H48N22O11/c45-17-19-14-26(65(74)75)29(27(15-19)66(76)77)64(18-25-23-12-6-4-10-21(23)16-22-11-5-7-13-24(22)25)40(73)39(72)55-28(20-8-2-1-3-9-20)35(68)57-32(61-42(49)50)37(70)59-34(63-44(53)54)38(71)58-33(62-43(51)52)36(69)56-31(30(46)67)60-41(47)48/h1-16,28,31-34,40,73H,18H2,(H2,46,67)(H,55,72)(H,56,69)(H,57,68)(H,58,71)(H,59,70)(H4,47,48,60)(H4,49,50,61)(H4,51,52,62)(H4,53,54,63). The number of nitriles is 1. The summed E-state index contributed by atoms with van der Waals surface area (Å²) in [6.07, 6.45) is -11.0. The summed E-state index contributed by atoms with van der Waals surface area (Å²) in [5, 5.41) is 98.9. The first kappa shape index (κ1) is 56.5. The average molecular weight is 1060 g/mol. The van der Waals surface area contributed by atoms with Crippen molar-refractivity contribution in [1.29, 1.82) is 26.9 Å². The molecule has 0 radical (unpaired) electrons. The summed E-state index contributed by atoms with van der Waals surface area (Å²) in [5.74, 6) is -12.1. The van der Waals surface area contributed by atoms with Crippen LogP contribution >= 0.6 is 0 Å². The lowest BCUT2D eigenvalue weighted by Crippen LogP contribution is -2.68. The van der Waals surface area contributed by atoms with Gasteiger partial charge in [0.1, 0.15) is 6.04 Å². The van der Waals surface area contributed by atoms with E-state index in [2.05, 4.69) is 21.3 Å². The third kappa shape index (κ3) is 14.4. The minimum Gasteiger partial charge on any atom is -0.370 e. The Morgan fingerprint density at radius 2 is 0.948 bits per heavy atom. The highest BCUT2D eigenvalue weighted by molar-refractivity contribution is 6.04. The number of hydrogen-bond donors (Lipinski definition) is 19. The Balaban J connectivity index is 1.53. The number of anilines is 1. The van der Waals surface area contributed by atoms with E-state index in [-0.39, 0.29) is 5.56 Å². The second kappa shape index (κ2) is 24.8. The Kier molecular flexibility index (Phi) is 18.2. The number of carbonyl (C=O) groups is 6. The normalized spacial score (nSPS) is 12.9. The first-order chi connectivity index (χ1) is 36.4. The molecule has 0 aromatic heterocycles. The quantitative estimate of drug-likeness (QED) is 0.00785. The third-order valence-corrected chi connectivity index (χ3v) is 10.7. The topological polar surface area (TPSA) is 570 Å². The fraction of sp³-hybridized carbons (Fsp3) is 0.159. The smallest absolute Gasteiger partial charge is 0.301 e. The number of guanidine groups is 4. The van der Waals surface area contributed by atoms with Gasteiger partial charge < -0.3 is 86.5 Å². The predicted molar refractivity (Wildman–Crippen MR) is 273 cm³/mol. The molecule has 0 aliphatic heterocycles. The number of fused-ring (bicyclic) bond motifs is 2. The molecule has 5 rings (SSSR count). The fourth-order valence-electron chi connectivity index (χ4n) is 7.49. The third-order valence-electron chi connectivity index (χ3n) is 10.7. The van der Waals surface area contributed by atoms with E-state index in [9.17, 15) is 59.4 Å². The summed E-state index contributed by atoms with van der Waals surface area (Å²) in [7, 11) is 0. The highest BCUT2D eigenvalue weighted by atomic mass is 16.6. The second-order valence-corrected chi connectivity index (χ2v) is 16.0. The molecular formula is C44H48N22O11. The molecule has 77 heavy (non-hydrogen) atoms. The molecule has 6 amide bonds. The zero-order valence-corrected chi connectivity index (χ0v) is 39.6. The molecule has 6 unspecified atom stereocenters. The summed E-state index contributed by atoms with van der Waals surface area (Å²) in [5.41, 5.74) is 23.5. The van der Waals surface area contributed by atoms with Crippen LogP contribution in [0.15, 0.2) is 97.1 Å². The van der Waals surface area contributed by atoms with Crippen LogP contribution in [0.2, 0.25) is 0 Å². The van der Waals surface area contributed by atoms with Crippen LogP contribution in [0.5, 0.6) is 0 Å². The Labute approximate surface area is 432 Å². The molecule has 0 aliphatic carbocycles. The lowest BCUT2D eigenvalue weighted by molar-refractivity contribution is -0.392. The predicted octanol–water partition coefficient (Wildman–Crippen LogP) is -3.95. The molecule has 0 spiro atoms. The van der Waals surface area contributed by atoms with E-state index in [0.29, 0.717) is 44.1 Å². The van der Waals surface area contributed by atoms with Crippen molar-refractivity contribution in [3.8, 4) is 6.07 Å². The van der Waals surface area contributed by atoms with Crippen molar-refractivity contribution in [1.82, 2.24) is 47.9 Å². The van der Waals surface area contributed by atoms with Gasteiger partial charge in [-0.1, -0.05) is 78.9 Å². The number of benzene rings is 5. The Hall–Kier alpha value is -11.4. The lowest BCUT2D eigenvalue weighted by atomic mass is 9.96. The van der Waals surface area contributed by atoms with Gasteiger partial charge in [-0.05, 0) is 38.7 Å². The van der Waals surface area contributed by atoms with Gasteiger partial charge in [0.15, 0.2) is 54.2 Å². The van der Waals surface area contributed by atoms with Gasteiger partial charge in [0.05, 0.1) is 21.5 Å². The lowest BCUT2D eigenvalue weighted by Gasteiger charge is -2.31. The largest absolute Gasteiger partial charge is 0.370 e. The number of carbonyl (C=O) groups excluding carboxylic acids is 6. The molecule has 24 N–H and O–H groups in total. The fourth-order valence-corrected chi connectivity index (χ4v) is 7.49. The van der Waals surface area contributed by atoms with Crippen LogP contribution in [0.25, 0.3) is 21.5 Å². The molecule has 0 heterocycles. The van der Waals surface area contributed by atoms with Crippen LogP contribution in [-0.2, 0) is 35.3 Å². The maximum atomic E-state index is 14.6. The van der Waals surface area contributed by atoms with Gasteiger partial charge in [0, 0.05) is 18.7 Å². The van der Waals surface area contributed by atoms with Gasteiger partial charge in [0.25, 0.3) is 29.5 Å². The molecule has 5 aromatic rings. The summed E-state index contributed by atoms with van der Waals surface area (Å²) >= 11 is 0. The van der Waals surface area contributed by atoms with Crippen LogP contribution in [0, 0.1) is 53.2 Å². The van der Waals surface area contributed by atoms with Crippen LogP contribution in [0.3, 0.4) is 0 Å². The zero-order valence-electron chi connectivity index (χ0n) is 39.6. The monoisotopic (exact) mass is 1060 g/mol. The highest BCUT2D eigenvalue weighted by Gasteiger charge is 2.40. The van der Waals surface area contributed by atoms with Crippen molar-refractivity contribution in [3.63, 3.8) is 0 Å². The number of amides is 6. The number of nitrogens with zero attached hydrogens (tertiary/aromatic N) is 4. The van der Waals surface area contributed by atoms with Crippen molar-refractivity contribution < 1.29 is 43.7 Å². The number of hydrogen-bond acceptors (Lipinski definition) is 17. The van der Waals surface area contributed by atoms with E-state index in [1.807, 2.05) is 32.7 Å². The van der Waals surface area contributed by atoms with Crippen molar-refractivity contribution in [2.24, 2.45) is 28.7 Å². The molecule has 0 bridgehead atoms. The molecule has 0 saturated carbocycles. The Morgan fingerprint density at radius 3 is 1.35 bits per heavy atom. The summed E-state index contributed by atoms with van der Waals surface area (Å²) < 4.78 is 0. The molecule has 0 saturated heterocycles. The molecule has 6 atom stereocenters. The van der Waals surface area contributed by atoms with E-state index in [0.717, 1.165) is 0 Å². The number of aliphatic hydroxyl groups excluding tert-OH is 1. The van der Waals surface area contributed by atoms with Gasteiger partial charge in [0.2, 0.25) is 12.1 Å². The van der Waals surface area contributed by atoms with E-state index >= 15 is 0 Å². The number of nitro benzene ring substituents is 2. The number of nitro groups is 2. The van der Waals surface area contributed by atoms with Crippen LogP contribution in [0.4, 0.5) is 17.1 Å². The molecule has 0 fully saturated rings. The SMILES string of the molecule is N#Cc1cc([N+](=O)[O-])c(N(Cc2c3ccccc3cc3ccccc23)C(O)C(=O)NC(C(=O)NC(NC(=N)N)C(=O)NC(NC(=N)N)C(=O)NC(NC(=N)N)C(=O)NC(NC(=N)N)C(N)=O)c2ccccc2)c([N+](=O)[O-])c1. The van der Waals surface area contributed by atoms with Gasteiger partial charge in [-0.2, -0.15) is 5.26 Å². The van der Waals surface area contributed by atoms with Crippen LogP contribution in [-0.4, -0.2) is 105 Å². The Morgan fingerprint density at radius 1 is 0.558 bits per heavy atom. The minimum absolute atomic E-state index is 0.0654. The molecule has 5 aromatic carbocycles. The number of rotatable bonds is 22. The number of aliphatic hydroxyl groups is 1. The number of nitrogens with two attached hydrogens (primary N) is 5.